The van der Waals surface area contributed by atoms with E-state index in [4.69, 9.17) is 16.3 Å². The Hall–Kier alpha value is -3.33. The summed E-state index contributed by atoms with van der Waals surface area (Å²) < 4.78 is 5.10. The number of nitrogens with one attached hydrogen (secondary N) is 3. The van der Waals surface area contributed by atoms with Gasteiger partial charge in [-0.3, -0.25) is 9.59 Å². The van der Waals surface area contributed by atoms with Crippen molar-refractivity contribution in [3.05, 3.63) is 68.6 Å². The molecule has 178 valence electrons. The lowest BCUT2D eigenvalue weighted by atomic mass is 10.1. The zero-order valence-corrected chi connectivity index (χ0v) is 19.5. The first-order chi connectivity index (χ1) is 15.5. The zero-order valence-electron chi connectivity index (χ0n) is 18.7. The van der Waals surface area contributed by atoms with Crippen molar-refractivity contribution in [3.8, 4) is 0 Å². The topological polar surface area (TPSA) is 138 Å². The Morgan fingerprint density at radius 3 is 2.45 bits per heavy atom. The third kappa shape index (κ3) is 8.61. The van der Waals surface area contributed by atoms with E-state index in [-0.39, 0.29) is 24.9 Å². The van der Waals surface area contributed by atoms with Gasteiger partial charge in [0.05, 0.1) is 0 Å². The van der Waals surface area contributed by atoms with Gasteiger partial charge in [0.1, 0.15) is 17.2 Å². The molecule has 0 radical (unpaired) electrons. The van der Waals surface area contributed by atoms with Crippen LogP contribution in [0.15, 0.2) is 41.2 Å². The Labute approximate surface area is 196 Å². The number of aromatic amines is 1. The molecule has 2 amide bonds. The number of rotatable bonds is 9. The quantitative estimate of drug-likeness (QED) is 0.409. The van der Waals surface area contributed by atoms with Crippen molar-refractivity contribution < 1.29 is 24.2 Å². The van der Waals surface area contributed by atoms with Crippen LogP contribution >= 0.6 is 11.6 Å². The Balaban J connectivity index is 1.94. The summed E-state index contributed by atoms with van der Waals surface area (Å²) in [6.45, 7) is 5.36. The summed E-state index contributed by atoms with van der Waals surface area (Å²) in [5.41, 5.74) is -0.0909. The maximum absolute atomic E-state index is 12.5. The van der Waals surface area contributed by atoms with Crippen LogP contribution < -0.4 is 16.2 Å². The molecule has 1 aromatic heterocycles. The van der Waals surface area contributed by atoms with Crippen molar-refractivity contribution in [1.29, 1.82) is 0 Å². The third-order valence-corrected chi connectivity index (χ3v) is 4.86. The highest BCUT2D eigenvalue weighted by atomic mass is 35.5. The maximum Gasteiger partial charge on any atom is 0.407 e. The van der Waals surface area contributed by atoms with E-state index in [1.165, 1.54) is 6.07 Å². The minimum Gasteiger partial charge on any atom is -0.480 e. The number of amides is 2. The molecule has 0 aliphatic carbocycles. The van der Waals surface area contributed by atoms with Crippen molar-refractivity contribution in [2.24, 2.45) is 0 Å². The van der Waals surface area contributed by atoms with Gasteiger partial charge in [0.2, 0.25) is 0 Å². The number of carboxylic acids is 1. The predicted molar refractivity (Wildman–Crippen MR) is 124 cm³/mol. The number of carbonyl (C=O) groups is 3. The number of carbonyl (C=O) groups excluding carboxylic acids is 2. The Morgan fingerprint density at radius 2 is 1.85 bits per heavy atom. The number of halogens is 1. The molecule has 2 rings (SSSR count). The van der Waals surface area contributed by atoms with Crippen LogP contribution in [0.3, 0.4) is 0 Å². The van der Waals surface area contributed by atoms with Gasteiger partial charge in [-0.05, 0) is 57.4 Å². The molecule has 0 aliphatic rings. The molecule has 1 atom stereocenters. The van der Waals surface area contributed by atoms with E-state index >= 15 is 0 Å². The van der Waals surface area contributed by atoms with Crippen molar-refractivity contribution >= 4 is 29.6 Å². The second kappa shape index (κ2) is 11.5. The van der Waals surface area contributed by atoms with E-state index in [2.05, 4.69) is 15.6 Å². The second-order valence-electron chi connectivity index (χ2n) is 8.43. The first-order valence-corrected chi connectivity index (χ1v) is 10.8. The van der Waals surface area contributed by atoms with Gasteiger partial charge in [-0.25, -0.2) is 9.59 Å². The highest BCUT2D eigenvalue weighted by Gasteiger charge is 2.22. The molecule has 2 aromatic rings. The van der Waals surface area contributed by atoms with Gasteiger partial charge in [-0.15, -0.1) is 0 Å². The number of aromatic nitrogens is 1. The van der Waals surface area contributed by atoms with Crippen molar-refractivity contribution in [3.63, 3.8) is 0 Å². The molecule has 0 saturated heterocycles. The van der Waals surface area contributed by atoms with Crippen LogP contribution in [-0.4, -0.2) is 46.2 Å². The lowest BCUT2D eigenvalue weighted by Gasteiger charge is -2.20. The van der Waals surface area contributed by atoms with E-state index in [0.29, 0.717) is 17.1 Å². The van der Waals surface area contributed by atoms with Crippen molar-refractivity contribution in [2.45, 2.75) is 51.7 Å². The Morgan fingerprint density at radius 1 is 1.15 bits per heavy atom. The van der Waals surface area contributed by atoms with E-state index in [9.17, 15) is 24.3 Å². The smallest absolute Gasteiger partial charge is 0.407 e. The van der Waals surface area contributed by atoms with E-state index in [1.807, 2.05) is 12.1 Å². The van der Waals surface area contributed by atoms with Crippen molar-refractivity contribution in [1.82, 2.24) is 15.6 Å². The van der Waals surface area contributed by atoms with Gasteiger partial charge in [0.15, 0.2) is 0 Å². The molecule has 0 fully saturated rings. The Bertz CT molecular complexity index is 1060. The van der Waals surface area contributed by atoms with Crippen LogP contribution in [0.4, 0.5) is 4.79 Å². The van der Waals surface area contributed by atoms with E-state index in [0.717, 1.165) is 5.56 Å². The zero-order chi connectivity index (χ0) is 24.6. The van der Waals surface area contributed by atoms with Crippen LogP contribution in [0.1, 0.15) is 55.2 Å². The maximum atomic E-state index is 12.5. The molecule has 9 nitrogen and oxygen atoms in total. The predicted octanol–water partition coefficient (Wildman–Crippen LogP) is 3.11. The number of pyridine rings is 1. The molecular formula is C23H28ClN3O6. The molecule has 1 heterocycles. The van der Waals surface area contributed by atoms with E-state index in [1.54, 1.807) is 39.0 Å². The number of benzene rings is 1. The third-order valence-electron chi connectivity index (χ3n) is 4.49. The number of ether oxygens (including phenoxy) is 1. The highest BCUT2D eigenvalue weighted by Crippen LogP contribution is 2.17. The fourth-order valence-electron chi connectivity index (χ4n) is 2.95. The van der Waals surface area contributed by atoms with Gasteiger partial charge >= 0.3 is 12.1 Å². The lowest BCUT2D eigenvalue weighted by Crippen LogP contribution is -2.43. The highest BCUT2D eigenvalue weighted by molar-refractivity contribution is 6.31. The summed E-state index contributed by atoms with van der Waals surface area (Å²) in [4.78, 5) is 50.7. The molecule has 0 unspecified atom stereocenters. The molecule has 0 saturated carbocycles. The summed E-state index contributed by atoms with van der Waals surface area (Å²) in [5, 5.41) is 14.9. The second-order valence-corrected chi connectivity index (χ2v) is 8.84. The van der Waals surface area contributed by atoms with Crippen LogP contribution in [0.5, 0.6) is 0 Å². The summed E-state index contributed by atoms with van der Waals surface area (Å²) in [7, 11) is 0. The fourth-order valence-corrected chi connectivity index (χ4v) is 3.15. The lowest BCUT2D eigenvalue weighted by molar-refractivity contribution is -0.139. The van der Waals surface area contributed by atoms with Crippen molar-refractivity contribution in [2.75, 3.05) is 6.54 Å². The van der Waals surface area contributed by atoms with Crippen LogP contribution in [0.25, 0.3) is 0 Å². The number of H-pyrrole nitrogens is 1. The van der Waals surface area contributed by atoms with Gasteiger partial charge in [0, 0.05) is 23.7 Å². The summed E-state index contributed by atoms with van der Waals surface area (Å²) in [5.74, 6) is -2.04. The first kappa shape index (κ1) is 25.9. The minimum atomic E-state index is -1.24. The molecule has 10 heteroatoms. The molecular weight excluding hydrogens is 450 g/mol. The largest absolute Gasteiger partial charge is 0.480 e. The fraction of sp³-hybridized carbons (Fsp3) is 0.391. The first-order valence-electron chi connectivity index (χ1n) is 10.4. The van der Waals surface area contributed by atoms with Gasteiger partial charge in [-0.1, -0.05) is 29.8 Å². The number of alkyl carbamates (subject to hydrolysis) is 1. The van der Waals surface area contributed by atoms with Crippen LogP contribution in [0, 0.1) is 0 Å². The molecule has 33 heavy (non-hydrogen) atoms. The molecule has 0 spiro atoms. The SMILES string of the molecule is CC(C)(C)OC(=O)NCCC[C@H](NC(=O)c1ccc(Cc2ccccc2Cl)[nH]c1=O)C(=O)O. The van der Waals surface area contributed by atoms with Gasteiger partial charge in [0.25, 0.3) is 11.5 Å². The minimum absolute atomic E-state index is 0.0549. The Kier molecular flexibility index (Phi) is 9.04. The summed E-state index contributed by atoms with van der Waals surface area (Å²) in [6.07, 6.45) is 0.101. The van der Waals surface area contributed by atoms with E-state index < -0.39 is 35.2 Å². The molecule has 0 bridgehead atoms. The summed E-state index contributed by atoms with van der Waals surface area (Å²) in [6, 6.07) is 8.91. The van der Waals surface area contributed by atoms with Gasteiger partial charge in [-0.2, -0.15) is 0 Å². The van der Waals surface area contributed by atoms with Gasteiger partial charge < -0.3 is 25.5 Å². The number of hydrogen-bond acceptors (Lipinski definition) is 5. The average Bonchev–Trinajstić information content (AvgIpc) is 2.70. The molecule has 1 aromatic carbocycles. The molecule has 4 N–H and O–H groups in total. The summed E-state index contributed by atoms with van der Waals surface area (Å²) >= 11 is 6.14. The average molecular weight is 478 g/mol. The number of hydrogen-bond donors (Lipinski definition) is 4. The van der Waals surface area contributed by atoms with Crippen LogP contribution in [-0.2, 0) is 16.0 Å². The number of aliphatic carboxylic acids is 1. The normalized spacial score (nSPS) is 12.0. The standard InChI is InChI=1S/C23H28ClN3O6/c1-23(2,3)33-22(32)25-12-6-9-18(21(30)31)27-20(29)16-11-10-15(26-19(16)28)13-14-7-4-5-8-17(14)24/h4-5,7-8,10-11,18H,6,9,12-13H2,1-3H3,(H,25,32)(H,26,28)(H,27,29)(H,30,31)/t18-/m0/s1. The van der Waals surface area contributed by atoms with Crippen LogP contribution in [0.2, 0.25) is 5.02 Å². The monoisotopic (exact) mass is 477 g/mol. The molecule has 0 aliphatic heterocycles. The number of carboxylic acid groups (broad SMARTS) is 1.